The summed E-state index contributed by atoms with van der Waals surface area (Å²) in [5, 5.41) is 2.61. The van der Waals surface area contributed by atoms with E-state index in [1.165, 1.54) is 0 Å². The molecule has 1 N–H and O–H groups in total. The van der Waals surface area contributed by atoms with Crippen molar-refractivity contribution in [1.82, 2.24) is 5.32 Å². The van der Waals surface area contributed by atoms with Gasteiger partial charge in [0.05, 0.1) is 0 Å². The van der Waals surface area contributed by atoms with E-state index in [-0.39, 0.29) is 11.6 Å². The normalized spacial score (nSPS) is 15.2. The Bertz CT molecular complexity index is 454. The average molecular weight is 241 g/mol. The second-order valence-electron chi connectivity index (χ2n) is 3.87. The molecule has 2 rings (SSSR count). The number of hydrogen-bond donors (Lipinski definition) is 1. The molecule has 1 aliphatic rings. The predicted octanol–water partition coefficient (Wildman–Crippen LogP) is 2.55. The van der Waals surface area contributed by atoms with Crippen molar-refractivity contribution >= 4 is 5.91 Å². The minimum atomic E-state index is -1.57. The highest BCUT2D eigenvalue weighted by atomic mass is 19.2. The molecule has 0 heterocycles. The molecule has 0 spiro atoms. The van der Waals surface area contributed by atoms with Crippen LogP contribution in [-0.4, -0.2) is 11.9 Å². The third kappa shape index (κ3) is 2.49. The van der Waals surface area contributed by atoms with Crippen LogP contribution in [0.25, 0.3) is 0 Å². The van der Waals surface area contributed by atoms with Crippen LogP contribution in [0.5, 0.6) is 0 Å². The fourth-order valence-electron chi connectivity index (χ4n) is 1.69. The SMILES string of the molecule is O=C(NC1CC=CC1)c1cc(F)c(F)c(F)c1. The zero-order valence-electron chi connectivity index (χ0n) is 8.84. The first-order chi connectivity index (χ1) is 8.08. The van der Waals surface area contributed by atoms with Crippen LogP contribution in [0.15, 0.2) is 24.3 Å². The molecule has 17 heavy (non-hydrogen) atoms. The van der Waals surface area contributed by atoms with Crippen LogP contribution < -0.4 is 5.32 Å². The van der Waals surface area contributed by atoms with E-state index in [2.05, 4.69) is 5.32 Å². The summed E-state index contributed by atoms with van der Waals surface area (Å²) in [4.78, 5) is 11.6. The minimum absolute atomic E-state index is 0.0568. The van der Waals surface area contributed by atoms with Crippen molar-refractivity contribution in [2.24, 2.45) is 0 Å². The third-order valence-corrected chi connectivity index (χ3v) is 2.59. The lowest BCUT2D eigenvalue weighted by Crippen LogP contribution is -2.33. The Hall–Kier alpha value is -1.78. The monoisotopic (exact) mass is 241 g/mol. The summed E-state index contributed by atoms with van der Waals surface area (Å²) in [6, 6.07) is 1.32. The molecule has 1 aromatic carbocycles. The Morgan fingerprint density at radius 1 is 1.12 bits per heavy atom. The van der Waals surface area contributed by atoms with Crippen LogP contribution in [0.4, 0.5) is 13.2 Å². The molecule has 90 valence electrons. The van der Waals surface area contributed by atoms with Gasteiger partial charge < -0.3 is 5.32 Å². The fraction of sp³-hybridized carbons (Fsp3) is 0.250. The summed E-state index contributed by atoms with van der Waals surface area (Å²) >= 11 is 0. The van der Waals surface area contributed by atoms with Crippen molar-refractivity contribution in [2.75, 3.05) is 0 Å². The predicted molar refractivity (Wildman–Crippen MR) is 55.9 cm³/mol. The molecular formula is C12H10F3NO. The van der Waals surface area contributed by atoms with Gasteiger partial charge in [0.15, 0.2) is 17.5 Å². The van der Waals surface area contributed by atoms with Crippen LogP contribution in [0.2, 0.25) is 0 Å². The van der Waals surface area contributed by atoms with Crippen molar-refractivity contribution in [3.05, 3.63) is 47.3 Å². The summed E-state index contributed by atoms with van der Waals surface area (Å²) in [6.45, 7) is 0. The van der Waals surface area contributed by atoms with Crippen molar-refractivity contribution < 1.29 is 18.0 Å². The van der Waals surface area contributed by atoms with Crippen LogP contribution in [-0.2, 0) is 0 Å². The first-order valence-electron chi connectivity index (χ1n) is 5.18. The van der Waals surface area contributed by atoms with E-state index >= 15 is 0 Å². The quantitative estimate of drug-likeness (QED) is 0.625. The Kier molecular flexibility index (Phi) is 3.17. The van der Waals surface area contributed by atoms with E-state index < -0.39 is 23.4 Å². The first-order valence-corrected chi connectivity index (χ1v) is 5.18. The molecular weight excluding hydrogens is 231 g/mol. The van der Waals surface area contributed by atoms with Gasteiger partial charge in [-0.15, -0.1) is 0 Å². The van der Waals surface area contributed by atoms with Crippen molar-refractivity contribution in [2.45, 2.75) is 18.9 Å². The lowest BCUT2D eigenvalue weighted by molar-refractivity contribution is 0.0938. The van der Waals surface area contributed by atoms with Crippen LogP contribution in [0.1, 0.15) is 23.2 Å². The van der Waals surface area contributed by atoms with Gasteiger partial charge in [0.2, 0.25) is 0 Å². The number of benzene rings is 1. The number of amides is 1. The van der Waals surface area contributed by atoms with E-state index in [4.69, 9.17) is 0 Å². The Morgan fingerprint density at radius 2 is 1.65 bits per heavy atom. The van der Waals surface area contributed by atoms with E-state index in [0.717, 1.165) is 0 Å². The number of carbonyl (C=O) groups excluding carboxylic acids is 1. The molecule has 0 saturated heterocycles. The maximum absolute atomic E-state index is 12.9. The number of rotatable bonds is 2. The summed E-state index contributed by atoms with van der Waals surface area (Å²) in [7, 11) is 0. The molecule has 1 aromatic rings. The van der Waals surface area contributed by atoms with E-state index in [0.29, 0.717) is 25.0 Å². The number of halogens is 3. The molecule has 1 aliphatic carbocycles. The summed E-state index contributed by atoms with van der Waals surface area (Å²) in [5.74, 6) is -4.89. The standard InChI is InChI=1S/C12H10F3NO/c13-9-5-7(6-10(14)11(9)15)12(17)16-8-3-1-2-4-8/h1-2,5-6,8H,3-4H2,(H,16,17). The molecule has 0 fully saturated rings. The highest BCUT2D eigenvalue weighted by Gasteiger charge is 2.18. The molecule has 0 bridgehead atoms. The zero-order valence-corrected chi connectivity index (χ0v) is 8.84. The molecule has 0 saturated carbocycles. The largest absolute Gasteiger partial charge is 0.349 e. The lowest BCUT2D eigenvalue weighted by Gasteiger charge is -2.12. The van der Waals surface area contributed by atoms with Gasteiger partial charge in [-0.1, -0.05) is 12.2 Å². The van der Waals surface area contributed by atoms with Gasteiger partial charge in [0.1, 0.15) is 0 Å². The van der Waals surface area contributed by atoms with Gasteiger partial charge in [-0.3, -0.25) is 4.79 Å². The van der Waals surface area contributed by atoms with Gasteiger partial charge in [0, 0.05) is 11.6 Å². The number of carbonyl (C=O) groups is 1. The van der Waals surface area contributed by atoms with Crippen LogP contribution >= 0.6 is 0 Å². The molecule has 5 heteroatoms. The highest BCUT2D eigenvalue weighted by molar-refractivity contribution is 5.94. The van der Waals surface area contributed by atoms with E-state index in [1.807, 2.05) is 12.2 Å². The van der Waals surface area contributed by atoms with Crippen molar-refractivity contribution in [3.8, 4) is 0 Å². The Labute approximate surface area is 96.1 Å². The zero-order chi connectivity index (χ0) is 12.4. The first kappa shape index (κ1) is 11.7. The number of hydrogen-bond acceptors (Lipinski definition) is 1. The number of nitrogens with one attached hydrogen (secondary N) is 1. The van der Waals surface area contributed by atoms with Gasteiger partial charge >= 0.3 is 0 Å². The third-order valence-electron chi connectivity index (χ3n) is 2.59. The van der Waals surface area contributed by atoms with E-state index in [1.54, 1.807) is 0 Å². The molecule has 0 atom stereocenters. The Morgan fingerprint density at radius 3 is 2.18 bits per heavy atom. The second kappa shape index (κ2) is 4.61. The van der Waals surface area contributed by atoms with Gasteiger partial charge in [-0.05, 0) is 25.0 Å². The van der Waals surface area contributed by atoms with Gasteiger partial charge in [-0.25, -0.2) is 13.2 Å². The van der Waals surface area contributed by atoms with Gasteiger partial charge in [0.25, 0.3) is 5.91 Å². The maximum atomic E-state index is 12.9. The van der Waals surface area contributed by atoms with Gasteiger partial charge in [-0.2, -0.15) is 0 Å². The average Bonchev–Trinajstić information content (AvgIpc) is 2.77. The lowest BCUT2D eigenvalue weighted by atomic mass is 10.1. The molecule has 0 unspecified atom stereocenters. The summed E-state index contributed by atoms with van der Waals surface area (Å²) in [5.41, 5.74) is -0.215. The highest BCUT2D eigenvalue weighted by Crippen LogP contribution is 2.15. The molecule has 2 nitrogen and oxygen atoms in total. The molecule has 0 aliphatic heterocycles. The Balaban J connectivity index is 2.13. The summed E-state index contributed by atoms with van der Waals surface area (Å²) in [6.07, 6.45) is 5.21. The molecule has 0 radical (unpaired) electrons. The van der Waals surface area contributed by atoms with Crippen molar-refractivity contribution in [1.29, 1.82) is 0 Å². The minimum Gasteiger partial charge on any atom is -0.349 e. The molecule has 1 amide bonds. The fourth-order valence-corrected chi connectivity index (χ4v) is 1.69. The van der Waals surface area contributed by atoms with Crippen LogP contribution in [0, 0.1) is 17.5 Å². The molecule has 0 aromatic heterocycles. The van der Waals surface area contributed by atoms with Crippen molar-refractivity contribution in [3.63, 3.8) is 0 Å². The smallest absolute Gasteiger partial charge is 0.251 e. The maximum Gasteiger partial charge on any atom is 0.251 e. The van der Waals surface area contributed by atoms with E-state index in [9.17, 15) is 18.0 Å². The van der Waals surface area contributed by atoms with Crippen LogP contribution in [0.3, 0.4) is 0 Å². The second-order valence-corrected chi connectivity index (χ2v) is 3.87. The topological polar surface area (TPSA) is 29.1 Å². The summed E-state index contributed by atoms with van der Waals surface area (Å²) < 4.78 is 38.5.